The molecule has 9 nitrogen and oxygen atoms in total. The quantitative estimate of drug-likeness (QED) is 0.548. The number of hydrogen-bond acceptors (Lipinski definition) is 7. The van der Waals surface area contributed by atoms with Gasteiger partial charge in [0.05, 0.1) is 12.2 Å². The van der Waals surface area contributed by atoms with E-state index in [1.807, 2.05) is 12.1 Å². The van der Waals surface area contributed by atoms with Crippen LogP contribution in [0.1, 0.15) is 36.6 Å². The topological polar surface area (TPSA) is 91.2 Å². The fraction of sp³-hybridized carbons (Fsp3) is 0.462. The van der Waals surface area contributed by atoms with E-state index >= 15 is 0 Å². The number of fused-ring (bicyclic) bond motifs is 1. The van der Waals surface area contributed by atoms with Crippen molar-refractivity contribution in [3.05, 3.63) is 47.9 Å². The van der Waals surface area contributed by atoms with E-state index in [4.69, 9.17) is 4.98 Å². The number of amides is 1. The first-order valence-electron chi connectivity index (χ1n) is 12.7. The molecule has 1 aromatic carbocycles. The third kappa shape index (κ3) is 4.41. The number of aryl methyl sites for hydroxylation is 1. The number of halogens is 1. The molecular formula is C26H31FN8O. The summed E-state index contributed by atoms with van der Waals surface area (Å²) in [5.74, 6) is 2.58. The van der Waals surface area contributed by atoms with Crippen LogP contribution >= 0.6 is 0 Å². The summed E-state index contributed by atoms with van der Waals surface area (Å²) in [6.45, 7) is 7.90. The third-order valence-electron chi connectivity index (χ3n) is 7.53. The molecule has 0 saturated carbocycles. The van der Waals surface area contributed by atoms with Crippen LogP contribution in [0.4, 0.5) is 21.7 Å². The van der Waals surface area contributed by atoms with Crippen molar-refractivity contribution in [3.8, 4) is 11.3 Å². The van der Waals surface area contributed by atoms with Gasteiger partial charge in [-0.25, -0.2) is 19.3 Å². The van der Waals surface area contributed by atoms with Crippen molar-refractivity contribution < 1.29 is 9.18 Å². The number of aromatic nitrogens is 4. The van der Waals surface area contributed by atoms with Crippen molar-refractivity contribution in [1.82, 2.24) is 24.4 Å². The number of imidazole rings is 1. The van der Waals surface area contributed by atoms with Gasteiger partial charge in [0.1, 0.15) is 23.7 Å². The van der Waals surface area contributed by atoms with Crippen LogP contribution in [-0.4, -0.2) is 69.6 Å². The first-order valence-corrected chi connectivity index (χ1v) is 12.7. The summed E-state index contributed by atoms with van der Waals surface area (Å²) < 4.78 is 16.2. The molecule has 3 aliphatic heterocycles. The number of nitrogens with one attached hydrogen (secondary N) is 2. The van der Waals surface area contributed by atoms with E-state index in [0.29, 0.717) is 23.0 Å². The van der Waals surface area contributed by atoms with Gasteiger partial charge in [-0.1, -0.05) is 0 Å². The molecule has 6 rings (SSSR count). The van der Waals surface area contributed by atoms with E-state index in [9.17, 15) is 9.18 Å². The first kappa shape index (κ1) is 22.9. The second-order valence-corrected chi connectivity index (χ2v) is 9.92. The Kier molecular flexibility index (Phi) is 6.04. The number of likely N-dealkylation sites (tertiary alicyclic amines) is 1. The summed E-state index contributed by atoms with van der Waals surface area (Å²) in [7, 11) is 0. The zero-order valence-corrected chi connectivity index (χ0v) is 20.5. The van der Waals surface area contributed by atoms with Crippen LogP contribution in [0.15, 0.2) is 30.7 Å². The van der Waals surface area contributed by atoms with E-state index in [0.717, 1.165) is 61.9 Å². The lowest BCUT2D eigenvalue weighted by molar-refractivity contribution is -0.114. The number of benzene rings is 1. The minimum absolute atomic E-state index is 0.0822. The van der Waals surface area contributed by atoms with Gasteiger partial charge in [-0.05, 0) is 63.0 Å². The maximum absolute atomic E-state index is 13.9. The highest BCUT2D eigenvalue weighted by Crippen LogP contribution is 2.36. The number of piperidine rings is 1. The second-order valence-electron chi connectivity index (χ2n) is 9.92. The molecule has 0 bridgehead atoms. The molecule has 5 heterocycles. The Hall–Kier alpha value is -3.53. The van der Waals surface area contributed by atoms with Gasteiger partial charge in [-0.2, -0.15) is 0 Å². The maximum Gasteiger partial charge on any atom is 0.243 e. The van der Waals surface area contributed by atoms with Gasteiger partial charge in [-0.15, -0.1) is 0 Å². The molecule has 3 aliphatic rings. The molecule has 188 valence electrons. The SMILES string of the molecule is Cc1cc(-c2cn(CCN3CCC3)c(C3CCN(c4ncnc5c4NC(=O)CN5)CC3)n2)ccc1F. The van der Waals surface area contributed by atoms with Crippen LogP contribution in [0.25, 0.3) is 11.3 Å². The van der Waals surface area contributed by atoms with E-state index < -0.39 is 0 Å². The van der Waals surface area contributed by atoms with Gasteiger partial charge in [0.25, 0.3) is 0 Å². The highest BCUT2D eigenvalue weighted by Gasteiger charge is 2.29. The van der Waals surface area contributed by atoms with Crippen LogP contribution in [-0.2, 0) is 11.3 Å². The fourth-order valence-electron chi connectivity index (χ4n) is 5.30. The van der Waals surface area contributed by atoms with E-state index in [1.165, 1.54) is 25.6 Å². The van der Waals surface area contributed by atoms with Crippen LogP contribution in [0.5, 0.6) is 0 Å². The fourth-order valence-corrected chi connectivity index (χ4v) is 5.30. The molecule has 2 saturated heterocycles. The molecule has 0 unspecified atom stereocenters. The zero-order chi connectivity index (χ0) is 24.6. The standard InChI is InChI=1S/C26H31FN8O/c1-17-13-19(3-4-20(17)27)21-15-35(12-11-33-7-2-8-33)25(31-21)18-5-9-34(10-6-18)26-23-24(29-16-30-26)28-14-22(36)32-23/h3-4,13,15-16,18H,2,5-12,14H2,1H3,(H,32,36)(H,28,29,30). The number of carbonyl (C=O) groups is 1. The van der Waals surface area contributed by atoms with Gasteiger partial charge in [-0.3, -0.25) is 4.79 Å². The summed E-state index contributed by atoms with van der Waals surface area (Å²) in [6.07, 6.45) is 6.82. The molecule has 36 heavy (non-hydrogen) atoms. The Morgan fingerprint density at radius 1 is 1.11 bits per heavy atom. The Bertz CT molecular complexity index is 1280. The largest absolute Gasteiger partial charge is 0.359 e. The molecule has 10 heteroatoms. The molecule has 2 N–H and O–H groups in total. The predicted molar refractivity (Wildman–Crippen MR) is 137 cm³/mol. The molecule has 0 radical (unpaired) electrons. The minimum atomic E-state index is -0.193. The van der Waals surface area contributed by atoms with Crippen LogP contribution in [0, 0.1) is 12.7 Å². The van der Waals surface area contributed by atoms with Crippen molar-refractivity contribution in [2.24, 2.45) is 0 Å². The van der Waals surface area contributed by atoms with Crippen LogP contribution in [0.3, 0.4) is 0 Å². The maximum atomic E-state index is 13.9. The summed E-state index contributed by atoms with van der Waals surface area (Å²) in [5.41, 5.74) is 3.15. The summed E-state index contributed by atoms with van der Waals surface area (Å²) >= 11 is 0. The average Bonchev–Trinajstić information content (AvgIpc) is 3.29. The molecule has 2 aromatic heterocycles. The summed E-state index contributed by atoms with van der Waals surface area (Å²) in [6, 6.07) is 5.22. The smallest absolute Gasteiger partial charge is 0.243 e. The third-order valence-corrected chi connectivity index (χ3v) is 7.53. The lowest BCUT2D eigenvalue weighted by Gasteiger charge is -2.35. The van der Waals surface area contributed by atoms with Crippen molar-refractivity contribution in [2.75, 3.05) is 54.8 Å². The summed E-state index contributed by atoms with van der Waals surface area (Å²) in [4.78, 5) is 30.5. The number of carbonyl (C=O) groups excluding carboxylic acids is 1. The van der Waals surface area contributed by atoms with Crippen molar-refractivity contribution in [3.63, 3.8) is 0 Å². The summed E-state index contributed by atoms with van der Waals surface area (Å²) in [5, 5.41) is 5.99. The van der Waals surface area contributed by atoms with Gasteiger partial charge in [0, 0.05) is 43.9 Å². The van der Waals surface area contributed by atoms with Crippen LogP contribution < -0.4 is 15.5 Å². The molecule has 0 spiro atoms. The Labute approximate surface area is 209 Å². The number of nitrogens with zero attached hydrogens (tertiary/aromatic N) is 6. The van der Waals surface area contributed by atoms with Gasteiger partial charge in [0.2, 0.25) is 5.91 Å². The molecule has 1 amide bonds. The molecule has 0 aliphatic carbocycles. The lowest BCUT2D eigenvalue weighted by Crippen LogP contribution is -2.39. The highest BCUT2D eigenvalue weighted by atomic mass is 19.1. The highest BCUT2D eigenvalue weighted by molar-refractivity contribution is 6.02. The van der Waals surface area contributed by atoms with Crippen molar-refractivity contribution in [1.29, 1.82) is 0 Å². The van der Waals surface area contributed by atoms with Crippen molar-refractivity contribution >= 4 is 23.2 Å². The van der Waals surface area contributed by atoms with Gasteiger partial charge >= 0.3 is 0 Å². The number of anilines is 3. The average molecular weight is 491 g/mol. The normalized spacial score (nSPS) is 18.4. The Balaban J connectivity index is 1.23. The lowest BCUT2D eigenvalue weighted by atomic mass is 9.95. The molecular weight excluding hydrogens is 459 g/mol. The molecule has 0 atom stereocenters. The van der Waals surface area contributed by atoms with Gasteiger partial charge in [0.15, 0.2) is 11.6 Å². The monoisotopic (exact) mass is 490 g/mol. The number of rotatable bonds is 6. The number of hydrogen-bond donors (Lipinski definition) is 2. The minimum Gasteiger partial charge on any atom is -0.359 e. The Morgan fingerprint density at radius 3 is 2.69 bits per heavy atom. The first-order chi connectivity index (χ1) is 17.5. The van der Waals surface area contributed by atoms with Crippen LogP contribution in [0.2, 0.25) is 0 Å². The molecule has 3 aromatic rings. The van der Waals surface area contributed by atoms with E-state index in [-0.39, 0.29) is 18.3 Å². The van der Waals surface area contributed by atoms with Crippen molar-refractivity contribution in [2.45, 2.75) is 38.6 Å². The van der Waals surface area contributed by atoms with Gasteiger partial charge < -0.3 is 25.0 Å². The van der Waals surface area contributed by atoms with E-state index in [2.05, 4.69) is 41.2 Å². The zero-order valence-electron chi connectivity index (χ0n) is 20.5. The Morgan fingerprint density at radius 2 is 1.94 bits per heavy atom. The van der Waals surface area contributed by atoms with E-state index in [1.54, 1.807) is 13.3 Å². The molecule has 2 fully saturated rings. The predicted octanol–water partition coefficient (Wildman–Crippen LogP) is 3.24. The second kappa shape index (κ2) is 9.50.